The molecule has 1 aromatic rings. The molecule has 140 valence electrons. The first-order valence-corrected chi connectivity index (χ1v) is 10.9. The average molecular weight is 388 g/mol. The number of anilines is 1. The number of hydrogen-bond acceptors (Lipinski definition) is 5. The molecule has 1 N–H and O–H groups in total. The highest BCUT2D eigenvalue weighted by Crippen LogP contribution is 2.25. The summed E-state index contributed by atoms with van der Waals surface area (Å²) in [6.45, 7) is 1.42. The minimum absolute atomic E-state index is 0.102. The van der Waals surface area contributed by atoms with Gasteiger partial charge in [0.2, 0.25) is 0 Å². The number of urea groups is 1. The smallest absolute Gasteiger partial charge is 0.322 e. The highest BCUT2D eigenvalue weighted by molar-refractivity contribution is 7.86. The fraction of sp³-hybridized carbons (Fsp3) is 0.733. The van der Waals surface area contributed by atoms with Gasteiger partial charge in [-0.15, -0.1) is 11.3 Å². The van der Waals surface area contributed by atoms with Gasteiger partial charge >= 0.3 is 6.03 Å². The van der Waals surface area contributed by atoms with Crippen LogP contribution in [0.1, 0.15) is 32.1 Å². The molecule has 1 aliphatic heterocycles. The van der Waals surface area contributed by atoms with E-state index >= 15 is 0 Å². The summed E-state index contributed by atoms with van der Waals surface area (Å²) in [6, 6.07) is -0.127. The summed E-state index contributed by atoms with van der Waals surface area (Å²) in [5.74, 6) is 0. The van der Waals surface area contributed by atoms with Gasteiger partial charge in [-0.3, -0.25) is 5.32 Å². The SMILES string of the molecule is CN(C1CCCCC1)S(=O)(=O)N1CCN(C(=O)Nc2nccs2)CC1. The molecule has 1 saturated carbocycles. The molecule has 0 aromatic carbocycles. The van der Waals surface area contributed by atoms with Crippen LogP contribution >= 0.6 is 11.3 Å². The van der Waals surface area contributed by atoms with Gasteiger partial charge in [0.1, 0.15) is 0 Å². The molecule has 0 atom stereocenters. The zero-order valence-corrected chi connectivity index (χ0v) is 16.1. The van der Waals surface area contributed by atoms with Crippen molar-refractivity contribution in [2.45, 2.75) is 38.1 Å². The first kappa shape index (κ1) is 18.6. The Hall–Kier alpha value is -1.23. The van der Waals surface area contributed by atoms with Crippen molar-refractivity contribution in [3.63, 3.8) is 0 Å². The number of piperazine rings is 1. The van der Waals surface area contributed by atoms with Crippen LogP contribution in [0.4, 0.5) is 9.93 Å². The Kier molecular flexibility index (Phi) is 5.92. The molecule has 2 aliphatic rings. The number of nitrogens with zero attached hydrogens (tertiary/aromatic N) is 4. The summed E-state index contributed by atoms with van der Waals surface area (Å²) < 4.78 is 28.7. The normalized spacial score (nSPS) is 20.8. The van der Waals surface area contributed by atoms with Crippen molar-refractivity contribution >= 4 is 32.7 Å². The number of thiazole rings is 1. The molecular formula is C15H25N5O3S2. The van der Waals surface area contributed by atoms with Crippen molar-refractivity contribution in [2.24, 2.45) is 0 Å². The lowest BCUT2D eigenvalue weighted by molar-refractivity contribution is 0.178. The number of aromatic nitrogens is 1. The molecule has 2 amide bonds. The Bertz CT molecular complexity index is 665. The van der Waals surface area contributed by atoms with E-state index in [1.165, 1.54) is 26.4 Å². The maximum absolute atomic E-state index is 12.8. The first-order chi connectivity index (χ1) is 12.0. The van der Waals surface area contributed by atoms with Crippen molar-refractivity contribution in [2.75, 3.05) is 38.5 Å². The maximum Gasteiger partial charge on any atom is 0.323 e. The highest BCUT2D eigenvalue weighted by atomic mass is 32.2. The van der Waals surface area contributed by atoms with Crippen LogP contribution in [0.15, 0.2) is 11.6 Å². The Balaban J connectivity index is 1.54. The van der Waals surface area contributed by atoms with Gasteiger partial charge < -0.3 is 4.90 Å². The van der Waals surface area contributed by atoms with E-state index < -0.39 is 10.2 Å². The molecule has 0 spiro atoms. The molecular weight excluding hydrogens is 362 g/mol. The third-order valence-corrected chi connectivity index (χ3v) is 7.68. The van der Waals surface area contributed by atoms with Crippen molar-refractivity contribution in [1.82, 2.24) is 18.5 Å². The second kappa shape index (κ2) is 7.98. The zero-order valence-electron chi connectivity index (χ0n) is 14.4. The van der Waals surface area contributed by atoms with Crippen molar-refractivity contribution in [3.05, 3.63) is 11.6 Å². The number of hydrogen-bond donors (Lipinski definition) is 1. The lowest BCUT2D eigenvalue weighted by Gasteiger charge is -2.38. The van der Waals surface area contributed by atoms with Crippen molar-refractivity contribution in [1.29, 1.82) is 0 Å². The van der Waals surface area contributed by atoms with Gasteiger partial charge in [0.05, 0.1) is 0 Å². The van der Waals surface area contributed by atoms with Gasteiger partial charge in [-0.2, -0.15) is 17.0 Å². The van der Waals surface area contributed by atoms with Crippen LogP contribution in [-0.2, 0) is 10.2 Å². The molecule has 3 rings (SSSR count). The molecule has 10 heteroatoms. The van der Waals surface area contributed by atoms with Crippen LogP contribution in [0.3, 0.4) is 0 Å². The molecule has 0 bridgehead atoms. The van der Waals surface area contributed by atoms with Gasteiger partial charge in [0.15, 0.2) is 5.13 Å². The monoisotopic (exact) mass is 387 g/mol. The molecule has 25 heavy (non-hydrogen) atoms. The Morgan fingerprint density at radius 1 is 1.24 bits per heavy atom. The molecule has 1 aliphatic carbocycles. The molecule has 1 saturated heterocycles. The van der Waals surface area contributed by atoms with E-state index in [9.17, 15) is 13.2 Å². The van der Waals surface area contributed by atoms with Gasteiger partial charge in [-0.25, -0.2) is 9.78 Å². The van der Waals surface area contributed by atoms with Gasteiger partial charge in [0, 0.05) is 50.8 Å². The first-order valence-electron chi connectivity index (χ1n) is 8.67. The summed E-state index contributed by atoms with van der Waals surface area (Å²) in [7, 11) is -1.78. The lowest BCUT2D eigenvalue weighted by Crippen LogP contribution is -2.55. The third-order valence-electron chi connectivity index (χ3n) is 4.95. The summed E-state index contributed by atoms with van der Waals surface area (Å²) in [5.41, 5.74) is 0. The fourth-order valence-corrected chi connectivity index (χ4v) is 5.49. The standard InChI is InChI=1S/C15H25N5O3S2/c1-18(13-5-3-2-4-6-13)25(22,23)20-10-8-19(9-11-20)15(21)17-14-16-7-12-24-14/h7,12-13H,2-6,8-11H2,1H3,(H,16,17,21). The molecule has 0 unspecified atom stereocenters. The van der Waals surface area contributed by atoms with Crippen LogP contribution in [-0.4, -0.2) is 72.2 Å². The van der Waals surface area contributed by atoms with Crippen LogP contribution in [0.5, 0.6) is 0 Å². The third kappa shape index (κ3) is 4.30. The van der Waals surface area contributed by atoms with E-state index in [0.717, 1.165) is 25.7 Å². The average Bonchev–Trinajstić information content (AvgIpc) is 3.15. The van der Waals surface area contributed by atoms with Gasteiger partial charge in [-0.05, 0) is 12.8 Å². The second-order valence-electron chi connectivity index (χ2n) is 6.47. The van der Waals surface area contributed by atoms with Crippen molar-refractivity contribution in [3.8, 4) is 0 Å². The predicted octanol–water partition coefficient (Wildman–Crippen LogP) is 1.80. The second-order valence-corrected chi connectivity index (χ2v) is 9.35. The quantitative estimate of drug-likeness (QED) is 0.854. The van der Waals surface area contributed by atoms with E-state index in [1.807, 2.05) is 0 Å². The number of amides is 2. The lowest BCUT2D eigenvalue weighted by atomic mass is 9.96. The summed E-state index contributed by atoms with van der Waals surface area (Å²) in [6.07, 6.45) is 6.88. The van der Waals surface area contributed by atoms with Crippen LogP contribution < -0.4 is 5.32 Å². The number of carbonyl (C=O) groups is 1. The number of nitrogens with one attached hydrogen (secondary N) is 1. The highest BCUT2D eigenvalue weighted by Gasteiger charge is 2.35. The van der Waals surface area contributed by atoms with Crippen LogP contribution in [0.2, 0.25) is 0 Å². The van der Waals surface area contributed by atoms with E-state index in [1.54, 1.807) is 23.5 Å². The largest absolute Gasteiger partial charge is 0.323 e. The molecule has 1 aromatic heterocycles. The number of rotatable bonds is 4. The van der Waals surface area contributed by atoms with E-state index in [-0.39, 0.29) is 12.1 Å². The summed E-state index contributed by atoms with van der Waals surface area (Å²) in [4.78, 5) is 17.9. The molecule has 8 nitrogen and oxygen atoms in total. The number of carbonyl (C=O) groups excluding carboxylic acids is 1. The minimum Gasteiger partial charge on any atom is -0.322 e. The fourth-order valence-electron chi connectivity index (χ4n) is 3.39. The van der Waals surface area contributed by atoms with Crippen LogP contribution in [0.25, 0.3) is 0 Å². The topological polar surface area (TPSA) is 85.9 Å². The van der Waals surface area contributed by atoms with Gasteiger partial charge in [0.25, 0.3) is 10.2 Å². The van der Waals surface area contributed by atoms with Gasteiger partial charge in [-0.1, -0.05) is 19.3 Å². The Labute approximate surface area is 153 Å². The Morgan fingerprint density at radius 2 is 1.92 bits per heavy atom. The van der Waals surface area contributed by atoms with E-state index in [2.05, 4.69) is 10.3 Å². The van der Waals surface area contributed by atoms with E-state index in [0.29, 0.717) is 31.3 Å². The zero-order chi connectivity index (χ0) is 17.9. The molecule has 0 radical (unpaired) electrons. The predicted molar refractivity (Wildman–Crippen MR) is 97.8 cm³/mol. The summed E-state index contributed by atoms with van der Waals surface area (Å²) in [5, 5.41) is 5.08. The molecule has 2 fully saturated rings. The van der Waals surface area contributed by atoms with E-state index in [4.69, 9.17) is 0 Å². The van der Waals surface area contributed by atoms with Crippen LogP contribution in [0, 0.1) is 0 Å². The minimum atomic E-state index is -3.46. The maximum atomic E-state index is 12.8. The summed E-state index contributed by atoms with van der Waals surface area (Å²) >= 11 is 1.36. The molecule has 2 heterocycles. The van der Waals surface area contributed by atoms with Crippen molar-refractivity contribution < 1.29 is 13.2 Å². The Morgan fingerprint density at radius 3 is 2.52 bits per heavy atom.